The fourth-order valence-electron chi connectivity index (χ4n) is 3.90. The summed E-state index contributed by atoms with van der Waals surface area (Å²) in [6, 6.07) is 14.7. The fourth-order valence-corrected chi connectivity index (χ4v) is 5.40. The van der Waals surface area contributed by atoms with Gasteiger partial charge in [-0.1, -0.05) is 50.2 Å². The highest BCUT2D eigenvalue weighted by molar-refractivity contribution is 7.90. The molecule has 174 valence electrons. The van der Waals surface area contributed by atoms with E-state index in [0.717, 1.165) is 12.8 Å². The Morgan fingerprint density at radius 2 is 1.88 bits per heavy atom. The summed E-state index contributed by atoms with van der Waals surface area (Å²) >= 11 is 0. The fraction of sp³-hybridized carbons (Fsp3) is 0.360. The highest BCUT2D eigenvalue weighted by atomic mass is 32.2. The highest BCUT2D eigenvalue weighted by Gasteiger charge is 2.35. The minimum atomic E-state index is -3.69. The zero-order chi connectivity index (χ0) is 23.6. The van der Waals surface area contributed by atoms with Gasteiger partial charge in [-0.25, -0.2) is 17.8 Å². The maximum atomic E-state index is 13.7. The number of halogens is 1. The topological polar surface area (TPSA) is 72.3 Å². The number of nitrogens with zero attached hydrogens (tertiary/aromatic N) is 3. The van der Waals surface area contributed by atoms with Gasteiger partial charge in [-0.05, 0) is 42.5 Å². The number of amides is 1. The summed E-state index contributed by atoms with van der Waals surface area (Å²) in [4.78, 5) is 19.2. The van der Waals surface area contributed by atoms with Crippen LogP contribution in [-0.2, 0) is 28.7 Å². The summed E-state index contributed by atoms with van der Waals surface area (Å²) in [5.41, 5.74) is 1.64. The van der Waals surface area contributed by atoms with E-state index in [-0.39, 0.29) is 40.9 Å². The van der Waals surface area contributed by atoms with Crippen LogP contribution in [0.1, 0.15) is 48.3 Å². The zero-order valence-corrected chi connectivity index (χ0v) is 19.6. The van der Waals surface area contributed by atoms with Crippen LogP contribution >= 0.6 is 0 Å². The van der Waals surface area contributed by atoms with Crippen molar-refractivity contribution in [3.05, 3.63) is 83.4 Å². The zero-order valence-electron chi connectivity index (χ0n) is 18.8. The molecule has 0 radical (unpaired) electrons. The van der Waals surface area contributed by atoms with Crippen LogP contribution in [0.4, 0.5) is 4.39 Å². The van der Waals surface area contributed by atoms with Crippen LogP contribution in [0, 0.1) is 11.7 Å². The minimum absolute atomic E-state index is 0.0176. The van der Waals surface area contributed by atoms with E-state index >= 15 is 0 Å². The largest absolute Gasteiger partial charge is 0.330 e. The van der Waals surface area contributed by atoms with E-state index in [9.17, 15) is 17.6 Å². The monoisotopic (exact) mass is 469 g/mol. The average Bonchev–Trinajstić information content (AvgIpc) is 3.53. The predicted molar refractivity (Wildman–Crippen MR) is 124 cm³/mol. The molecule has 0 N–H and O–H groups in total. The summed E-state index contributed by atoms with van der Waals surface area (Å²) in [6.07, 6.45) is 3.30. The van der Waals surface area contributed by atoms with Crippen LogP contribution in [0.2, 0.25) is 0 Å². The SMILES string of the molecule is CC(C)Cn1c(CN(C(=O)c2cccc(F)c2)C2CC2)cnc1S(=O)(=O)Cc1ccccc1. The molecule has 1 fully saturated rings. The van der Waals surface area contributed by atoms with Gasteiger partial charge in [0.25, 0.3) is 5.91 Å². The number of carbonyl (C=O) groups is 1. The standard InChI is InChI=1S/C25H28FN3O3S/c1-18(2)15-29-23(14-27-25(29)33(31,32)17-19-7-4-3-5-8-19)16-28(22-11-12-22)24(30)20-9-6-10-21(26)13-20/h3-10,13-14,18,22H,11-12,15-17H2,1-2H3. The van der Waals surface area contributed by atoms with Gasteiger partial charge in [0.1, 0.15) is 5.82 Å². The van der Waals surface area contributed by atoms with Gasteiger partial charge >= 0.3 is 0 Å². The molecule has 33 heavy (non-hydrogen) atoms. The molecule has 4 rings (SSSR count). The van der Waals surface area contributed by atoms with Crippen LogP contribution in [0.3, 0.4) is 0 Å². The van der Waals surface area contributed by atoms with Crippen LogP contribution in [0.5, 0.6) is 0 Å². The quantitative estimate of drug-likeness (QED) is 0.464. The molecule has 1 saturated carbocycles. The Morgan fingerprint density at radius 3 is 2.52 bits per heavy atom. The third-order valence-corrected chi connectivity index (χ3v) is 7.17. The van der Waals surface area contributed by atoms with Crippen molar-refractivity contribution in [2.24, 2.45) is 5.92 Å². The maximum absolute atomic E-state index is 13.7. The number of rotatable bonds is 9. The molecule has 0 saturated heterocycles. The van der Waals surface area contributed by atoms with Crippen molar-refractivity contribution in [2.45, 2.75) is 56.7 Å². The number of hydrogen-bond donors (Lipinski definition) is 0. The molecule has 2 aromatic carbocycles. The van der Waals surface area contributed by atoms with E-state index in [1.807, 2.05) is 32.0 Å². The molecule has 0 spiro atoms. The first-order valence-corrected chi connectivity index (χ1v) is 12.8. The first-order valence-electron chi connectivity index (χ1n) is 11.1. The van der Waals surface area contributed by atoms with E-state index in [0.29, 0.717) is 17.8 Å². The highest BCUT2D eigenvalue weighted by Crippen LogP contribution is 2.31. The summed E-state index contributed by atoms with van der Waals surface area (Å²) < 4.78 is 41.9. The van der Waals surface area contributed by atoms with Gasteiger partial charge < -0.3 is 9.47 Å². The molecule has 3 aromatic rings. The number of imidazole rings is 1. The predicted octanol–water partition coefficient (Wildman–Crippen LogP) is 4.46. The molecule has 8 heteroatoms. The number of aromatic nitrogens is 2. The van der Waals surface area contributed by atoms with Crippen molar-refractivity contribution in [1.29, 1.82) is 0 Å². The van der Waals surface area contributed by atoms with Crippen molar-refractivity contribution in [2.75, 3.05) is 0 Å². The Kier molecular flexibility index (Phi) is 6.65. The lowest BCUT2D eigenvalue weighted by Gasteiger charge is -2.24. The van der Waals surface area contributed by atoms with Crippen LogP contribution < -0.4 is 0 Å². The van der Waals surface area contributed by atoms with Crippen molar-refractivity contribution in [3.8, 4) is 0 Å². The van der Waals surface area contributed by atoms with Crippen molar-refractivity contribution in [3.63, 3.8) is 0 Å². The van der Waals surface area contributed by atoms with E-state index in [1.165, 1.54) is 18.2 Å². The summed E-state index contributed by atoms with van der Waals surface area (Å²) in [6.45, 7) is 4.70. The molecule has 1 aliphatic rings. The Balaban J connectivity index is 1.65. The second-order valence-corrected chi connectivity index (χ2v) is 10.8. The third kappa shape index (κ3) is 5.50. The van der Waals surface area contributed by atoms with Gasteiger partial charge in [-0.15, -0.1) is 0 Å². The first-order chi connectivity index (χ1) is 15.7. The smallest absolute Gasteiger partial charge is 0.254 e. The third-order valence-electron chi connectivity index (χ3n) is 5.58. The minimum Gasteiger partial charge on any atom is -0.330 e. The van der Waals surface area contributed by atoms with Gasteiger partial charge in [0.2, 0.25) is 15.0 Å². The molecule has 0 bridgehead atoms. The Hall–Kier alpha value is -3.00. The average molecular weight is 470 g/mol. The molecule has 0 atom stereocenters. The molecule has 1 heterocycles. The second-order valence-electron chi connectivity index (χ2n) is 8.96. The van der Waals surface area contributed by atoms with Gasteiger partial charge in [0.05, 0.1) is 24.2 Å². The molecule has 1 amide bonds. The lowest BCUT2D eigenvalue weighted by molar-refractivity contribution is 0.0724. The van der Waals surface area contributed by atoms with Gasteiger partial charge in [-0.2, -0.15) is 0 Å². The van der Waals surface area contributed by atoms with Crippen LogP contribution in [0.25, 0.3) is 0 Å². The molecule has 0 unspecified atom stereocenters. The lowest BCUT2D eigenvalue weighted by Crippen LogP contribution is -2.33. The molecule has 1 aromatic heterocycles. The Morgan fingerprint density at radius 1 is 1.15 bits per heavy atom. The molecular formula is C25H28FN3O3S. The molecular weight excluding hydrogens is 441 g/mol. The van der Waals surface area contributed by atoms with Crippen LogP contribution in [0.15, 0.2) is 66.0 Å². The summed E-state index contributed by atoms with van der Waals surface area (Å²) in [5.74, 6) is -0.688. The van der Waals surface area contributed by atoms with E-state index < -0.39 is 15.7 Å². The number of sulfone groups is 1. The Labute approximate surface area is 194 Å². The summed E-state index contributed by atoms with van der Waals surface area (Å²) in [7, 11) is -3.69. The van der Waals surface area contributed by atoms with Gasteiger partial charge in [0, 0.05) is 18.2 Å². The van der Waals surface area contributed by atoms with Crippen molar-refractivity contribution >= 4 is 15.7 Å². The number of benzene rings is 2. The molecule has 6 nitrogen and oxygen atoms in total. The number of carbonyl (C=O) groups excluding carboxylic acids is 1. The Bertz CT molecular complexity index is 1230. The van der Waals surface area contributed by atoms with Gasteiger partial charge in [0.15, 0.2) is 0 Å². The van der Waals surface area contributed by atoms with E-state index in [2.05, 4.69) is 4.98 Å². The van der Waals surface area contributed by atoms with E-state index in [1.54, 1.807) is 33.9 Å². The molecule has 1 aliphatic carbocycles. The van der Waals surface area contributed by atoms with E-state index in [4.69, 9.17) is 0 Å². The maximum Gasteiger partial charge on any atom is 0.254 e. The lowest BCUT2D eigenvalue weighted by atomic mass is 10.2. The van der Waals surface area contributed by atoms with Gasteiger partial charge in [-0.3, -0.25) is 4.79 Å². The first kappa shape index (κ1) is 23.2. The normalized spacial score (nSPS) is 13.9. The number of hydrogen-bond acceptors (Lipinski definition) is 4. The summed E-state index contributed by atoms with van der Waals surface area (Å²) in [5, 5.41) is 0.0176. The molecule has 0 aliphatic heterocycles. The second kappa shape index (κ2) is 9.47. The van der Waals surface area contributed by atoms with Crippen molar-refractivity contribution < 1.29 is 17.6 Å². The van der Waals surface area contributed by atoms with Crippen molar-refractivity contribution in [1.82, 2.24) is 14.5 Å². The van der Waals surface area contributed by atoms with Crippen LogP contribution in [-0.4, -0.2) is 34.8 Å².